The first kappa shape index (κ1) is 19.2. The van der Waals surface area contributed by atoms with Gasteiger partial charge in [0.1, 0.15) is 11.7 Å². The van der Waals surface area contributed by atoms with Gasteiger partial charge in [-0.1, -0.05) is 0 Å². The number of nitrogens with one attached hydrogen (secondary N) is 5. The van der Waals surface area contributed by atoms with Crippen LogP contribution in [0.25, 0.3) is 5.57 Å². The molecule has 0 aromatic carbocycles. The Kier molecular flexibility index (Phi) is 6.48. The molecule has 0 saturated carbocycles. The lowest BCUT2D eigenvalue weighted by molar-refractivity contribution is -0.128. The van der Waals surface area contributed by atoms with Crippen molar-refractivity contribution in [2.75, 3.05) is 32.5 Å². The molecule has 5 N–H and O–H groups in total. The van der Waals surface area contributed by atoms with Gasteiger partial charge in [0.15, 0.2) is 0 Å². The minimum absolute atomic E-state index is 0.00317. The normalized spacial score (nSPS) is 14.7. The predicted octanol–water partition coefficient (Wildman–Crippen LogP) is 1.41. The van der Waals surface area contributed by atoms with E-state index in [2.05, 4.69) is 20.9 Å². The van der Waals surface area contributed by atoms with Gasteiger partial charge in [-0.05, 0) is 12.1 Å². The van der Waals surface area contributed by atoms with Gasteiger partial charge < -0.3 is 26.3 Å². The summed E-state index contributed by atoms with van der Waals surface area (Å²) in [4.78, 5) is 17.7. The number of amidine groups is 1. The zero-order chi connectivity index (χ0) is 19.1. The van der Waals surface area contributed by atoms with Crippen LogP contribution in [-0.2, 0) is 4.79 Å². The molecule has 0 bridgehead atoms. The summed E-state index contributed by atoms with van der Waals surface area (Å²) < 4.78 is 0. The Balaban J connectivity index is 2.15. The molecule has 2 heterocycles. The molecule has 8 nitrogen and oxygen atoms in total. The number of carbonyl (C=O) groups is 1. The van der Waals surface area contributed by atoms with Gasteiger partial charge in [-0.25, -0.2) is 4.98 Å². The van der Waals surface area contributed by atoms with Crippen molar-refractivity contribution in [1.29, 1.82) is 10.8 Å². The van der Waals surface area contributed by atoms with Gasteiger partial charge >= 0.3 is 0 Å². The zero-order valence-corrected chi connectivity index (χ0v) is 15.3. The Hall–Kier alpha value is -3.16. The van der Waals surface area contributed by atoms with Crippen molar-refractivity contribution in [2.24, 2.45) is 0 Å². The van der Waals surface area contributed by atoms with E-state index in [-0.39, 0.29) is 11.7 Å². The van der Waals surface area contributed by atoms with Gasteiger partial charge in [0.2, 0.25) is 5.91 Å². The molecule has 1 aliphatic heterocycles. The fourth-order valence-electron chi connectivity index (χ4n) is 2.74. The van der Waals surface area contributed by atoms with E-state index in [1.54, 1.807) is 37.3 Å². The summed E-state index contributed by atoms with van der Waals surface area (Å²) in [6.45, 7) is 2.59. The highest BCUT2D eigenvalue weighted by Crippen LogP contribution is 2.18. The van der Waals surface area contributed by atoms with Crippen LogP contribution in [0.2, 0.25) is 0 Å². The number of pyridine rings is 1. The lowest BCUT2D eigenvalue weighted by Gasteiger charge is -2.30. The van der Waals surface area contributed by atoms with E-state index < -0.39 is 0 Å². The summed E-state index contributed by atoms with van der Waals surface area (Å²) in [5.74, 6) is 0.762. The number of hydrogen-bond acceptors (Lipinski definition) is 6. The van der Waals surface area contributed by atoms with Crippen LogP contribution in [0, 0.1) is 10.8 Å². The Morgan fingerprint density at radius 2 is 2.12 bits per heavy atom. The second-order valence-corrected chi connectivity index (χ2v) is 5.86. The first-order valence-corrected chi connectivity index (χ1v) is 8.35. The molecule has 0 unspecified atom stereocenters. The van der Waals surface area contributed by atoms with Crippen LogP contribution >= 0.6 is 0 Å². The van der Waals surface area contributed by atoms with Crippen molar-refractivity contribution in [1.82, 2.24) is 20.5 Å². The lowest BCUT2D eigenvalue weighted by atomic mass is 10.0. The summed E-state index contributed by atoms with van der Waals surface area (Å²) in [6.07, 6.45) is 5.33. The smallest absolute Gasteiger partial charge is 0.219 e. The molecule has 2 rings (SSSR count). The number of aromatic nitrogens is 1. The largest absolute Gasteiger partial charge is 0.393 e. The van der Waals surface area contributed by atoms with Crippen LogP contribution in [0.1, 0.15) is 18.9 Å². The van der Waals surface area contributed by atoms with Gasteiger partial charge in [0.05, 0.1) is 6.54 Å². The Morgan fingerprint density at radius 1 is 1.35 bits per heavy atom. The molecule has 1 amide bonds. The van der Waals surface area contributed by atoms with Crippen molar-refractivity contribution in [2.45, 2.75) is 13.3 Å². The summed E-state index contributed by atoms with van der Waals surface area (Å²) in [7, 11) is 3.60. The molecule has 1 aromatic rings. The summed E-state index contributed by atoms with van der Waals surface area (Å²) in [5, 5.41) is 24.8. The molecule has 0 spiro atoms. The van der Waals surface area contributed by atoms with Gasteiger partial charge in [0.25, 0.3) is 0 Å². The van der Waals surface area contributed by atoms with Gasteiger partial charge in [-0.2, -0.15) is 0 Å². The molecule has 0 fully saturated rings. The van der Waals surface area contributed by atoms with E-state index in [1.165, 1.54) is 6.21 Å². The lowest BCUT2D eigenvalue weighted by Crippen LogP contribution is -2.40. The highest BCUT2D eigenvalue weighted by Gasteiger charge is 2.23. The maximum absolute atomic E-state index is 11.7. The zero-order valence-electron chi connectivity index (χ0n) is 15.3. The van der Waals surface area contributed by atoms with Crippen molar-refractivity contribution >= 4 is 29.3 Å². The number of rotatable bonds is 6. The number of hydrogen-bond donors (Lipinski definition) is 5. The molecule has 8 heteroatoms. The van der Waals surface area contributed by atoms with Gasteiger partial charge in [0, 0.05) is 75.0 Å². The number of allylic oxidation sites excluding steroid dienone is 1. The summed E-state index contributed by atoms with van der Waals surface area (Å²) >= 11 is 0. The minimum atomic E-state index is 0.00317. The molecule has 0 saturated heterocycles. The van der Waals surface area contributed by atoms with E-state index in [4.69, 9.17) is 10.8 Å². The predicted molar refractivity (Wildman–Crippen MR) is 104 cm³/mol. The average molecular weight is 355 g/mol. The van der Waals surface area contributed by atoms with Crippen LogP contribution in [0.15, 0.2) is 35.8 Å². The molecular weight excluding hydrogens is 330 g/mol. The Morgan fingerprint density at radius 3 is 2.65 bits per heavy atom. The first-order chi connectivity index (χ1) is 12.5. The standard InChI is InChI=1S/C18H25N7O/c1-12(26)25-7-6-16(22-3)15(11-25)18(20)24-17-5-4-13(10-23-17)14(8-19)9-21-2/h4-5,8-10,19,21-22H,6-7,11H2,1-3H3,(H2,20,23,24)/b14-9+,19-8?. The van der Waals surface area contributed by atoms with Crippen molar-refractivity contribution < 1.29 is 4.79 Å². The maximum Gasteiger partial charge on any atom is 0.219 e. The van der Waals surface area contributed by atoms with E-state index in [1.807, 2.05) is 13.1 Å². The monoisotopic (exact) mass is 355 g/mol. The molecule has 0 radical (unpaired) electrons. The van der Waals surface area contributed by atoms with Crippen LogP contribution < -0.4 is 16.0 Å². The molecule has 26 heavy (non-hydrogen) atoms. The number of carbonyl (C=O) groups excluding carboxylic acids is 1. The fraction of sp³-hybridized carbons (Fsp3) is 0.333. The van der Waals surface area contributed by atoms with Crippen LogP contribution in [0.3, 0.4) is 0 Å². The highest BCUT2D eigenvalue weighted by atomic mass is 16.2. The van der Waals surface area contributed by atoms with Crippen molar-refractivity contribution in [3.05, 3.63) is 41.4 Å². The second kappa shape index (κ2) is 8.80. The molecule has 0 atom stereocenters. The van der Waals surface area contributed by atoms with E-state index >= 15 is 0 Å². The molecular formula is C18H25N7O. The highest BCUT2D eigenvalue weighted by molar-refractivity contribution is 6.08. The second-order valence-electron chi connectivity index (χ2n) is 5.86. The Bertz CT molecular complexity index is 749. The third-order valence-corrected chi connectivity index (χ3v) is 4.20. The average Bonchev–Trinajstić information content (AvgIpc) is 2.66. The van der Waals surface area contributed by atoms with Gasteiger partial charge in [-0.3, -0.25) is 10.2 Å². The molecule has 1 aromatic heterocycles. The number of amides is 1. The number of nitrogens with zero attached hydrogens (tertiary/aromatic N) is 2. The van der Waals surface area contributed by atoms with Crippen molar-refractivity contribution in [3.8, 4) is 0 Å². The van der Waals surface area contributed by atoms with Crippen LogP contribution in [0.4, 0.5) is 5.82 Å². The Labute approximate surface area is 153 Å². The van der Waals surface area contributed by atoms with E-state index in [0.29, 0.717) is 30.9 Å². The topological polar surface area (TPSA) is 117 Å². The summed E-state index contributed by atoms with van der Waals surface area (Å²) in [5.41, 5.74) is 3.24. The summed E-state index contributed by atoms with van der Waals surface area (Å²) in [6, 6.07) is 3.61. The van der Waals surface area contributed by atoms with Gasteiger partial charge in [-0.15, -0.1) is 0 Å². The quantitative estimate of drug-likeness (QED) is 0.391. The third-order valence-electron chi connectivity index (χ3n) is 4.20. The maximum atomic E-state index is 11.7. The molecule has 1 aliphatic rings. The molecule has 0 aliphatic carbocycles. The van der Waals surface area contributed by atoms with E-state index in [9.17, 15) is 4.79 Å². The van der Waals surface area contributed by atoms with Crippen molar-refractivity contribution in [3.63, 3.8) is 0 Å². The minimum Gasteiger partial charge on any atom is -0.393 e. The third kappa shape index (κ3) is 4.47. The van der Waals surface area contributed by atoms with Crippen LogP contribution in [-0.4, -0.2) is 55.0 Å². The molecule has 138 valence electrons. The number of anilines is 1. The van der Waals surface area contributed by atoms with Crippen LogP contribution in [0.5, 0.6) is 0 Å². The van der Waals surface area contributed by atoms with E-state index in [0.717, 1.165) is 16.8 Å². The SMILES string of the molecule is CN/C=C(\C=N)c1ccc(NC(=N)C2=C(NC)CCN(C(C)=O)C2)nc1. The fourth-order valence-corrected chi connectivity index (χ4v) is 2.74. The first-order valence-electron chi connectivity index (χ1n) is 8.35.